The lowest BCUT2D eigenvalue weighted by molar-refractivity contribution is -0.139. The number of hydrogen-bond donors (Lipinski definition) is 0. The van der Waals surface area contributed by atoms with Crippen LogP contribution in [0, 0.1) is 25.2 Å². The van der Waals surface area contributed by atoms with E-state index in [2.05, 4.69) is 16.5 Å². The zero-order valence-electron chi connectivity index (χ0n) is 16.1. The molecule has 0 aliphatic rings. The van der Waals surface area contributed by atoms with Gasteiger partial charge in [-0.15, -0.1) is 0 Å². The Hall–Kier alpha value is -3.04. The van der Waals surface area contributed by atoms with Crippen LogP contribution in [-0.2, 0) is 22.7 Å². The first-order valence-corrected chi connectivity index (χ1v) is 9.39. The number of imidazole rings is 1. The number of aromatic nitrogens is 3. The summed E-state index contributed by atoms with van der Waals surface area (Å²) in [5, 5.41) is 10.00. The first-order chi connectivity index (χ1) is 13.4. The summed E-state index contributed by atoms with van der Waals surface area (Å²) in [4.78, 5) is 16.7. The molecule has 0 atom stereocenters. The van der Waals surface area contributed by atoms with Gasteiger partial charge in [-0.3, -0.25) is 0 Å². The van der Waals surface area contributed by atoms with Gasteiger partial charge in [0.15, 0.2) is 0 Å². The fourth-order valence-electron chi connectivity index (χ4n) is 3.14. The fraction of sp³-hybridized carbons (Fsp3) is 0.286. The Labute approximate surface area is 168 Å². The van der Waals surface area contributed by atoms with Crippen molar-refractivity contribution in [2.24, 2.45) is 0 Å². The van der Waals surface area contributed by atoms with Crippen molar-refractivity contribution in [1.82, 2.24) is 14.0 Å². The van der Waals surface area contributed by atoms with Crippen LogP contribution in [0.25, 0.3) is 11.7 Å². The van der Waals surface area contributed by atoms with Crippen LogP contribution in [0.5, 0.6) is 0 Å². The number of pyridine rings is 1. The molecule has 3 aromatic rings. The summed E-state index contributed by atoms with van der Waals surface area (Å²) >= 11 is 5.96. The van der Waals surface area contributed by atoms with Crippen LogP contribution in [-0.4, -0.2) is 19.9 Å². The minimum absolute atomic E-state index is 0.0218. The van der Waals surface area contributed by atoms with Gasteiger partial charge >= 0.3 is 5.97 Å². The molecule has 144 valence electrons. The van der Waals surface area contributed by atoms with E-state index in [9.17, 15) is 10.1 Å². The van der Waals surface area contributed by atoms with Crippen LogP contribution in [0.2, 0.25) is 5.02 Å². The molecule has 0 saturated heterocycles. The van der Waals surface area contributed by atoms with E-state index in [4.69, 9.17) is 16.3 Å². The van der Waals surface area contributed by atoms with Gasteiger partial charge in [-0.1, -0.05) is 18.5 Å². The van der Waals surface area contributed by atoms with E-state index in [1.54, 1.807) is 35.0 Å². The van der Waals surface area contributed by atoms with Crippen LogP contribution in [0.15, 0.2) is 36.2 Å². The summed E-state index contributed by atoms with van der Waals surface area (Å²) in [6.07, 6.45) is 6.06. The van der Waals surface area contributed by atoms with Gasteiger partial charge in [-0.05, 0) is 50.1 Å². The van der Waals surface area contributed by atoms with Crippen LogP contribution in [0.3, 0.4) is 0 Å². The quantitative estimate of drug-likeness (QED) is 0.350. The Kier molecular flexibility index (Phi) is 5.86. The van der Waals surface area contributed by atoms with Crippen LogP contribution in [0.1, 0.15) is 36.0 Å². The van der Waals surface area contributed by atoms with E-state index in [-0.39, 0.29) is 12.2 Å². The number of nitrogens with zero attached hydrogens (tertiary/aromatic N) is 4. The second-order valence-corrected chi connectivity index (χ2v) is 7.01. The number of carbonyl (C=O) groups excluding carboxylic acids is 1. The SMILES string of the molecule is CCCn1c(C)cc(/C=C(\C#N)C(=O)OCc2cn3cc(Cl)ccc3n2)c1C. The molecule has 0 radical (unpaired) electrons. The standard InChI is InChI=1S/C21H21ClN4O2/c1-4-7-26-14(2)8-16(15(26)3)9-17(10-23)21(27)28-13-19-12-25-11-18(22)5-6-20(25)24-19/h5-6,8-9,11-12H,4,7,13H2,1-3H3/b17-9+. The second-order valence-electron chi connectivity index (χ2n) is 6.57. The van der Waals surface area contributed by atoms with Gasteiger partial charge in [0, 0.05) is 30.3 Å². The van der Waals surface area contributed by atoms with Gasteiger partial charge in [0.2, 0.25) is 0 Å². The highest BCUT2D eigenvalue weighted by atomic mass is 35.5. The van der Waals surface area contributed by atoms with E-state index in [1.165, 1.54) is 0 Å². The number of aryl methyl sites for hydroxylation is 1. The van der Waals surface area contributed by atoms with Crippen molar-refractivity contribution >= 4 is 29.3 Å². The van der Waals surface area contributed by atoms with Crippen molar-refractivity contribution in [2.45, 2.75) is 40.3 Å². The third-order valence-corrected chi connectivity index (χ3v) is 4.74. The summed E-state index contributed by atoms with van der Waals surface area (Å²) in [7, 11) is 0. The van der Waals surface area contributed by atoms with Gasteiger partial charge in [-0.25, -0.2) is 9.78 Å². The molecule has 28 heavy (non-hydrogen) atoms. The van der Waals surface area contributed by atoms with Crippen molar-refractivity contribution in [1.29, 1.82) is 5.26 Å². The Morgan fingerprint density at radius 3 is 2.86 bits per heavy atom. The lowest BCUT2D eigenvalue weighted by atomic mass is 10.1. The average Bonchev–Trinajstić information content (AvgIpc) is 3.19. The molecule has 3 heterocycles. The molecule has 6 nitrogen and oxygen atoms in total. The molecule has 7 heteroatoms. The third-order valence-electron chi connectivity index (χ3n) is 4.52. The fourth-order valence-corrected chi connectivity index (χ4v) is 3.31. The number of halogens is 1. The van der Waals surface area contributed by atoms with E-state index in [1.807, 2.05) is 26.0 Å². The predicted octanol–water partition coefficient (Wildman–Crippen LogP) is 4.47. The molecule has 0 amide bonds. The van der Waals surface area contributed by atoms with Crippen molar-refractivity contribution in [3.63, 3.8) is 0 Å². The average molecular weight is 397 g/mol. The normalized spacial score (nSPS) is 11.6. The van der Waals surface area contributed by atoms with E-state index >= 15 is 0 Å². The number of nitriles is 1. The first-order valence-electron chi connectivity index (χ1n) is 9.01. The number of esters is 1. The largest absolute Gasteiger partial charge is 0.455 e. The Bertz CT molecular complexity index is 1100. The maximum Gasteiger partial charge on any atom is 0.349 e. The molecular formula is C21H21ClN4O2. The summed E-state index contributed by atoms with van der Waals surface area (Å²) in [5.41, 5.74) is 4.21. The molecule has 0 saturated carbocycles. The molecule has 0 unspecified atom stereocenters. The summed E-state index contributed by atoms with van der Waals surface area (Å²) in [6.45, 7) is 6.98. The van der Waals surface area contributed by atoms with Gasteiger partial charge in [0.1, 0.15) is 23.9 Å². The molecule has 3 aromatic heterocycles. The molecule has 3 rings (SSSR count). The maximum atomic E-state index is 12.4. The topological polar surface area (TPSA) is 72.3 Å². The zero-order chi connectivity index (χ0) is 20.3. The molecule has 0 aliphatic carbocycles. The number of hydrogen-bond acceptors (Lipinski definition) is 4. The van der Waals surface area contributed by atoms with Crippen molar-refractivity contribution < 1.29 is 9.53 Å². The van der Waals surface area contributed by atoms with Gasteiger partial charge < -0.3 is 13.7 Å². The molecule has 0 N–H and O–H groups in total. The summed E-state index contributed by atoms with van der Waals surface area (Å²) in [5.74, 6) is -0.669. The van der Waals surface area contributed by atoms with Crippen LogP contribution < -0.4 is 0 Å². The van der Waals surface area contributed by atoms with E-state index < -0.39 is 5.97 Å². The van der Waals surface area contributed by atoms with E-state index in [0.29, 0.717) is 16.4 Å². The molecule has 0 aromatic carbocycles. The predicted molar refractivity (Wildman–Crippen MR) is 108 cm³/mol. The van der Waals surface area contributed by atoms with Crippen LogP contribution in [0.4, 0.5) is 0 Å². The first kappa shape index (κ1) is 19.7. The van der Waals surface area contributed by atoms with E-state index in [0.717, 1.165) is 29.9 Å². The highest BCUT2D eigenvalue weighted by Gasteiger charge is 2.15. The van der Waals surface area contributed by atoms with Gasteiger partial charge in [0.25, 0.3) is 0 Å². The summed E-state index contributed by atoms with van der Waals surface area (Å²) in [6, 6.07) is 7.44. The monoisotopic (exact) mass is 396 g/mol. The number of fused-ring (bicyclic) bond motifs is 1. The summed E-state index contributed by atoms with van der Waals surface area (Å²) < 4.78 is 9.23. The van der Waals surface area contributed by atoms with Crippen molar-refractivity contribution in [2.75, 3.05) is 0 Å². The molecule has 0 fully saturated rings. The maximum absolute atomic E-state index is 12.4. The lowest BCUT2D eigenvalue weighted by Crippen LogP contribution is -2.07. The number of ether oxygens (including phenoxy) is 1. The zero-order valence-corrected chi connectivity index (χ0v) is 16.8. The highest BCUT2D eigenvalue weighted by molar-refractivity contribution is 6.30. The minimum atomic E-state index is -0.669. The van der Waals surface area contributed by atoms with Crippen molar-refractivity contribution in [3.05, 3.63) is 63.8 Å². The molecule has 0 bridgehead atoms. The Balaban J connectivity index is 1.75. The van der Waals surface area contributed by atoms with Crippen molar-refractivity contribution in [3.8, 4) is 6.07 Å². The molecule has 0 spiro atoms. The molecular weight excluding hydrogens is 376 g/mol. The van der Waals surface area contributed by atoms with Gasteiger partial charge in [-0.2, -0.15) is 5.26 Å². The number of carbonyl (C=O) groups is 1. The molecule has 0 aliphatic heterocycles. The highest BCUT2D eigenvalue weighted by Crippen LogP contribution is 2.19. The van der Waals surface area contributed by atoms with Gasteiger partial charge in [0.05, 0.1) is 10.7 Å². The smallest absolute Gasteiger partial charge is 0.349 e. The van der Waals surface area contributed by atoms with Crippen LogP contribution >= 0.6 is 11.6 Å². The third kappa shape index (κ3) is 4.10. The Morgan fingerprint density at radius 2 is 2.14 bits per heavy atom. The second kappa shape index (κ2) is 8.32. The minimum Gasteiger partial charge on any atom is -0.455 e. The Morgan fingerprint density at radius 1 is 1.36 bits per heavy atom. The number of rotatable bonds is 6. The lowest BCUT2D eigenvalue weighted by Gasteiger charge is -2.07.